The molecule has 1 atom stereocenters. The third-order valence-corrected chi connectivity index (χ3v) is 2.85. The fraction of sp³-hybridized carbons (Fsp3) is 0.727. The lowest BCUT2D eigenvalue weighted by Gasteiger charge is -2.40. The van der Waals surface area contributed by atoms with E-state index in [1.54, 1.807) is 0 Å². The van der Waals surface area contributed by atoms with Crippen LogP contribution in [0.15, 0.2) is 12.7 Å². The number of nitriles is 1. The Morgan fingerprint density at radius 2 is 2.38 bits per heavy atom. The molecule has 0 aromatic heterocycles. The van der Waals surface area contributed by atoms with Gasteiger partial charge in [-0.25, -0.2) is 0 Å². The van der Waals surface area contributed by atoms with E-state index in [1.807, 2.05) is 6.08 Å². The highest BCUT2D eigenvalue weighted by Gasteiger charge is 2.35. The molecule has 0 N–H and O–H groups in total. The molecule has 0 aromatic carbocycles. The molecule has 0 saturated carbocycles. The first-order valence-corrected chi connectivity index (χ1v) is 4.83. The first kappa shape index (κ1) is 10.3. The summed E-state index contributed by atoms with van der Waals surface area (Å²) in [7, 11) is 0. The second kappa shape index (κ2) is 3.93. The first-order valence-electron chi connectivity index (χ1n) is 4.83. The molecule has 72 valence electrons. The van der Waals surface area contributed by atoms with Gasteiger partial charge in [-0.3, -0.25) is 4.90 Å². The van der Waals surface area contributed by atoms with Gasteiger partial charge in [0.15, 0.2) is 0 Å². The topological polar surface area (TPSA) is 27.0 Å². The van der Waals surface area contributed by atoms with E-state index < -0.39 is 0 Å². The van der Waals surface area contributed by atoms with E-state index in [-0.39, 0.29) is 11.3 Å². The maximum Gasteiger partial charge on any atom is 0.0662 e. The van der Waals surface area contributed by atoms with Crippen molar-refractivity contribution < 1.29 is 0 Å². The molecule has 0 aliphatic carbocycles. The molecular weight excluding hydrogens is 160 g/mol. The van der Waals surface area contributed by atoms with E-state index in [2.05, 4.69) is 31.4 Å². The van der Waals surface area contributed by atoms with Crippen molar-refractivity contribution in [2.24, 2.45) is 11.3 Å². The van der Waals surface area contributed by atoms with Crippen LogP contribution in [0, 0.1) is 22.7 Å². The summed E-state index contributed by atoms with van der Waals surface area (Å²) in [6.07, 6.45) is 2.93. The van der Waals surface area contributed by atoms with Crippen molar-refractivity contribution in [2.75, 3.05) is 19.6 Å². The lowest BCUT2D eigenvalue weighted by atomic mass is 9.75. The second-order valence-corrected chi connectivity index (χ2v) is 4.48. The average molecular weight is 178 g/mol. The van der Waals surface area contributed by atoms with Gasteiger partial charge in [0.05, 0.1) is 12.0 Å². The summed E-state index contributed by atoms with van der Waals surface area (Å²) in [4.78, 5) is 2.36. The molecule has 1 aliphatic heterocycles. The molecule has 1 saturated heterocycles. The highest BCUT2D eigenvalue weighted by atomic mass is 15.1. The van der Waals surface area contributed by atoms with Gasteiger partial charge in [0.2, 0.25) is 0 Å². The van der Waals surface area contributed by atoms with Crippen LogP contribution in [0.1, 0.15) is 20.3 Å². The van der Waals surface area contributed by atoms with Crippen molar-refractivity contribution in [1.82, 2.24) is 4.90 Å². The number of nitrogens with zero attached hydrogens (tertiary/aromatic N) is 2. The minimum atomic E-state index is 0.135. The highest BCUT2D eigenvalue weighted by molar-refractivity contribution is 4.99. The van der Waals surface area contributed by atoms with Gasteiger partial charge in [0.25, 0.3) is 0 Å². The van der Waals surface area contributed by atoms with Gasteiger partial charge in [-0.2, -0.15) is 5.26 Å². The lowest BCUT2D eigenvalue weighted by Crippen LogP contribution is -2.45. The molecule has 1 aliphatic rings. The van der Waals surface area contributed by atoms with E-state index in [0.717, 1.165) is 26.1 Å². The minimum absolute atomic E-state index is 0.135. The normalized spacial score (nSPS) is 27.9. The zero-order chi connectivity index (χ0) is 9.90. The molecule has 2 nitrogen and oxygen atoms in total. The molecule has 0 bridgehead atoms. The van der Waals surface area contributed by atoms with E-state index in [9.17, 15) is 0 Å². The highest BCUT2D eigenvalue weighted by Crippen LogP contribution is 2.33. The quantitative estimate of drug-likeness (QED) is 0.605. The fourth-order valence-corrected chi connectivity index (χ4v) is 2.05. The first-order chi connectivity index (χ1) is 6.10. The van der Waals surface area contributed by atoms with Crippen LogP contribution in [-0.4, -0.2) is 24.5 Å². The van der Waals surface area contributed by atoms with Crippen molar-refractivity contribution in [3.8, 4) is 6.07 Å². The Kier molecular flexibility index (Phi) is 3.11. The number of rotatable bonds is 2. The molecular formula is C11H18N2. The van der Waals surface area contributed by atoms with E-state index >= 15 is 0 Å². The van der Waals surface area contributed by atoms with Crippen LogP contribution < -0.4 is 0 Å². The van der Waals surface area contributed by atoms with E-state index in [0.29, 0.717) is 0 Å². The molecule has 1 heterocycles. The Morgan fingerprint density at radius 1 is 1.69 bits per heavy atom. The number of hydrogen-bond acceptors (Lipinski definition) is 2. The van der Waals surface area contributed by atoms with Crippen LogP contribution in [0.25, 0.3) is 0 Å². The summed E-state index contributed by atoms with van der Waals surface area (Å²) in [6.45, 7) is 11.1. The van der Waals surface area contributed by atoms with Gasteiger partial charge < -0.3 is 0 Å². The predicted octanol–water partition coefficient (Wildman–Crippen LogP) is 2.04. The molecule has 1 rings (SSSR count). The predicted molar refractivity (Wildman–Crippen MR) is 54.1 cm³/mol. The minimum Gasteiger partial charge on any atom is -0.299 e. The fourth-order valence-electron chi connectivity index (χ4n) is 2.05. The van der Waals surface area contributed by atoms with Crippen LogP contribution in [0.2, 0.25) is 0 Å². The number of hydrogen-bond donors (Lipinski definition) is 0. The van der Waals surface area contributed by atoms with E-state index in [4.69, 9.17) is 5.26 Å². The van der Waals surface area contributed by atoms with E-state index in [1.165, 1.54) is 0 Å². The summed E-state index contributed by atoms with van der Waals surface area (Å²) in [5.41, 5.74) is 0.135. The number of piperidine rings is 1. The summed E-state index contributed by atoms with van der Waals surface area (Å²) in [6, 6.07) is 2.40. The second-order valence-electron chi connectivity index (χ2n) is 4.48. The van der Waals surface area contributed by atoms with Gasteiger partial charge in [0, 0.05) is 13.1 Å². The molecule has 2 heteroatoms. The van der Waals surface area contributed by atoms with Gasteiger partial charge in [0.1, 0.15) is 0 Å². The van der Waals surface area contributed by atoms with Crippen LogP contribution in [-0.2, 0) is 0 Å². The Labute approximate surface area is 80.8 Å². The summed E-state index contributed by atoms with van der Waals surface area (Å²) in [5.74, 6) is 0.216. The number of likely N-dealkylation sites (tertiary alicyclic amines) is 1. The maximum atomic E-state index is 8.95. The largest absolute Gasteiger partial charge is 0.299 e. The van der Waals surface area contributed by atoms with Crippen LogP contribution in [0.5, 0.6) is 0 Å². The molecule has 0 amide bonds. The van der Waals surface area contributed by atoms with Crippen molar-refractivity contribution in [1.29, 1.82) is 5.26 Å². The molecule has 0 spiro atoms. The molecule has 1 fully saturated rings. The van der Waals surface area contributed by atoms with Crippen LogP contribution in [0.3, 0.4) is 0 Å². The maximum absolute atomic E-state index is 8.95. The Balaban J connectivity index is 2.59. The molecule has 1 unspecified atom stereocenters. The molecule has 0 radical (unpaired) electrons. The third kappa shape index (κ3) is 2.32. The van der Waals surface area contributed by atoms with Crippen molar-refractivity contribution in [3.63, 3.8) is 0 Å². The van der Waals surface area contributed by atoms with Gasteiger partial charge in [-0.1, -0.05) is 19.9 Å². The standard InChI is InChI=1S/C11H18N2/c1-4-6-13-7-5-10(8-12)11(2,3)9-13/h4,10H,1,5-7,9H2,2-3H3. The third-order valence-electron chi connectivity index (χ3n) is 2.85. The summed E-state index contributed by atoms with van der Waals surface area (Å²) >= 11 is 0. The Bertz CT molecular complexity index is 225. The van der Waals surface area contributed by atoms with Crippen molar-refractivity contribution in [3.05, 3.63) is 12.7 Å². The van der Waals surface area contributed by atoms with Crippen LogP contribution in [0.4, 0.5) is 0 Å². The SMILES string of the molecule is C=CCN1CCC(C#N)C(C)(C)C1. The van der Waals surface area contributed by atoms with Crippen LogP contribution >= 0.6 is 0 Å². The Hall–Kier alpha value is -0.810. The van der Waals surface area contributed by atoms with Crippen molar-refractivity contribution >= 4 is 0 Å². The van der Waals surface area contributed by atoms with Gasteiger partial charge in [-0.15, -0.1) is 6.58 Å². The summed E-state index contributed by atoms with van der Waals surface area (Å²) < 4.78 is 0. The average Bonchev–Trinajstić information content (AvgIpc) is 2.03. The smallest absolute Gasteiger partial charge is 0.0662 e. The van der Waals surface area contributed by atoms with Gasteiger partial charge in [-0.05, 0) is 18.4 Å². The monoisotopic (exact) mass is 178 g/mol. The van der Waals surface area contributed by atoms with Crippen molar-refractivity contribution in [2.45, 2.75) is 20.3 Å². The zero-order valence-corrected chi connectivity index (χ0v) is 8.58. The summed E-state index contributed by atoms with van der Waals surface area (Å²) in [5, 5.41) is 8.95. The zero-order valence-electron chi connectivity index (χ0n) is 8.58. The molecule has 13 heavy (non-hydrogen) atoms. The molecule has 0 aromatic rings. The Morgan fingerprint density at radius 3 is 2.85 bits per heavy atom. The van der Waals surface area contributed by atoms with Gasteiger partial charge >= 0.3 is 0 Å². The lowest BCUT2D eigenvalue weighted by molar-refractivity contribution is 0.0916.